The quantitative estimate of drug-likeness (QED) is 0.627. The Bertz CT molecular complexity index is 731. The van der Waals surface area contributed by atoms with Crippen LogP contribution in [0, 0.1) is 17.0 Å². The number of hydrogen-bond acceptors (Lipinski definition) is 4. The highest BCUT2D eigenvalue weighted by atomic mass is 79.9. The van der Waals surface area contributed by atoms with E-state index in [1.54, 1.807) is 44.2 Å². The standard InChI is InChI=1S/C16H15BrN2O4/c1-10-3-8-14(15(9-10)19(21)22)18-16(20)11(2)23-13-6-4-12(17)5-7-13/h3-9,11H,1-2H3,(H,18,20)/t11-/m1/s1. The molecule has 0 radical (unpaired) electrons. The summed E-state index contributed by atoms with van der Waals surface area (Å²) in [5.41, 5.74) is 0.750. The lowest BCUT2D eigenvalue weighted by atomic mass is 10.2. The lowest BCUT2D eigenvalue weighted by molar-refractivity contribution is -0.384. The molecule has 1 N–H and O–H groups in total. The van der Waals surface area contributed by atoms with Gasteiger partial charge in [0.05, 0.1) is 4.92 Å². The predicted molar refractivity (Wildman–Crippen MR) is 90.7 cm³/mol. The topological polar surface area (TPSA) is 81.5 Å². The third-order valence-corrected chi connectivity index (χ3v) is 3.63. The van der Waals surface area contributed by atoms with Gasteiger partial charge in [0.2, 0.25) is 0 Å². The van der Waals surface area contributed by atoms with E-state index in [1.165, 1.54) is 12.1 Å². The summed E-state index contributed by atoms with van der Waals surface area (Å²) in [6, 6.07) is 11.7. The number of halogens is 1. The van der Waals surface area contributed by atoms with Crippen LogP contribution in [0.2, 0.25) is 0 Å². The van der Waals surface area contributed by atoms with Crippen LogP contribution in [0.15, 0.2) is 46.9 Å². The number of carbonyl (C=O) groups excluding carboxylic acids is 1. The van der Waals surface area contributed by atoms with Crippen molar-refractivity contribution in [2.75, 3.05) is 5.32 Å². The Kier molecular flexibility index (Phi) is 5.33. The summed E-state index contributed by atoms with van der Waals surface area (Å²) in [5.74, 6) is 0.0779. The monoisotopic (exact) mass is 378 g/mol. The Labute approximate surface area is 141 Å². The first kappa shape index (κ1) is 17.0. The molecular weight excluding hydrogens is 364 g/mol. The summed E-state index contributed by atoms with van der Waals surface area (Å²) in [7, 11) is 0. The molecule has 0 aliphatic rings. The predicted octanol–water partition coefficient (Wildman–Crippen LogP) is 4.07. The van der Waals surface area contributed by atoms with Crippen molar-refractivity contribution >= 4 is 33.2 Å². The minimum absolute atomic E-state index is 0.144. The lowest BCUT2D eigenvalue weighted by Gasteiger charge is -2.15. The number of ether oxygens (including phenoxy) is 1. The molecule has 0 saturated heterocycles. The van der Waals surface area contributed by atoms with E-state index in [0.29, 0.717) is 5.75 Å². The van der Waals surface area contributed by atoms with E-state index >= 15 is 0 Å². The number of nitro benzene ring substituents is 1. The Balaban J connectivity index is 2.09. The van der Waals surface area contributed by atoms with E-state index in [0.717, 1.165) is 10.0 Å². The molecule has 0 unspecified atom stereocenters. The summed E-state index contributed by atoms with van der Waals surface area (Å²) in [6.45, 7) is 3.33. The molecule has 1 amide bonds. The van der Waals surface area contributed by atoms with Gasteiger partial charge in [-0.25, -0.2) is 0 Å². The first-order valence-electron chi connectivity index (χ1n) is 6.85. The SMILES string of the molecule is Cc1ccc(NC(=O)[C@@H](C)Oc2ccc(Br)cc2)c([N+](=O)[O-])c1. The van der Waals surface area contributed by atoms with Gasteiger partial charge in [0.15, 0.2) is 6.10 Å². The van der Waals surface area contributed by atoms with Crippen LogP contribution >= 0.6 is 15.9 Å². The number of nitro groups is 1. The van der Waals surface area contributed by atoms with Gasteiger partial charge in [0.25, 0.3) is 11.6 Å². The molecule has 7 heteroatoms. The van der Waals surface area contributed by atoms with Crippen LogP contribution in [0.3, 0.4) is 0 Å². The summed E-state index contributed by atoms with van der Waals surface area (Å²) in [4.78, 5) is 22.7. The van der Waals surface area contributed by atoms with Crippen molar-refractivity contribution in [1.82, 2.24) is 0 Å². The third-order valence-electron chi connectivity index (χ3n) is 3.10. The van der Waals surface area contributed by atoms with Crippen molar-refractivity contribution in [3.63, 3.8) is 0 Å². The van der Waals surface area contributed by atoms with Gasteiger partial charge in [-0.05, 0) is 49.7 Å². The average Bonchev–Trinajstić information content (AvgIpc) is 2.51. The molecular formula is C16H15BrN2O4. The molecule has 0 aromatic heterocycles. The minimum Gasteiger partial charge on any atom is -0.481 e. The van der Waals surface area contributed by atoms with Gasteiger partial charge in [-0.2, -0.15) is 0 Å². The zero-order valence-corrected chi connectivity index (χ0v) is 14.2. The van der Waals surface area contributed by atoms with Gasteiger partial charge in [0.1, 0.15) is 11.4 Å². The van der Waals surface area contributed by atoms with E-state index in [9.17, 15) is 14.9 Å². The second-order valence-electron chi connectivity index (χ2n) is 4.98. The molecule has 0 bridgehead atoms. The molecule has 0 aliphatic heterocycles. The second kappa shape index (κ2) is 7.23. The number of amides is 1. The minimum atomic E-state index is -0.794. The van der Waals surface area contributed by atoms with Crippen LogP contribution < -0.4 is 10.1 Å². The van der Waals surface area contributed by atoms with Crippen molar-refractivity contribution in [2.24, 2.45) is 0 Å². The molecule has 0 aliphatic carbocycles. The number of rotatable bonds is 5. The highest BCUT2D eigenvalue weighted by Crippen LogP contribution is 2.25. The van der Waals surface area contributed by atoms with Gasteiger partial charge in [-0.3, -0.25) is 14.9 Å². The smallest absolute Gasteiger partial charge is 0.293 e. The Morgan fingerprint density at radius 1 is 1.26 bits per heavy atom. The highest BCUT2D eigenvalue weighted by Gasteiger charge is 2.20. The van der Waals surface area contributed by atoms with Crippen LogP contribution in [-0.2, 0) is 4.79 Å². The van der Waals surface area contributed by atoms with Gasteiger partial charge in [-0.15, -0.1) is 0 Å². The Morgan fingerprint density at radius 2 is 1.91 bits per heavy atom. The molecule has 0 heterocycles. The average molecular weight is 379 g/mol. The molecule has 2 aromatic rings. The maximum atomic E-state index is 12.2. The second-order valence-corrected chi connectivity index (χ2v) is 5.90. The summed E-state index contributed by atoms with van der Waals surface area (Å²) in [6.07, 6.45) is -0.794. The fourth-order valence-electron chi connectivity index (χ4n) is 1.90. The zero-order chi connectivity index (χ0) is 17.0. The van der Waals surface area contributed by atoms with E-state index in [-0.39, 0.29) is 11.4 Å². The van der Waals surface area contributed by atoms with Crippen LogP contribution in [0.5, 0.6) is 5.75 Å². The third kappa shape index (κ3) is 4.53. The van der Waals surface area contributed by atoms with Crippen LogP contribution in [0.1, 0.15) is 12.5 Å². The van der Waals surface area contributed by atoms with Crippen molar-refractivity contribution in [3.05, 3.63) is 62.6 Å². The molecule has 0 spiro atoms. The van der Waals surface area contributed by atoms with Gasteiger partial charge in [-0.1, -0.05) is 22.0 Å². The number of aryl methyl sites for hydroxylation is 1. The fraction of sp³-hybridized carbons (Fsp3) is 0.188. The number of anilines is 1. The number of nitrogens with zero attached hydrogens (tertiary/aromatic N) is 1. The summed E-state index contributed by atoms with van der Waals surface area (Å²) >= 11 is 3.31. The van der Waals surface area contributed by atoms with Crippen molar-refractivity contribution in [2.45, 2.75) is 20.0 Å². The Morgan fingerprint density at radius 3 is 2.52 bits per heavy atom. The highest BCUT2D eigenvalue weighted by molar-refractivity contribution is 9.10. The fourth-order valence-corrected chi connectivity index (χ4v) is 2.17. The molecule has 6 nitrogen and oxygen atoms in total. The molecule has 1 atom stereocenters. The first-order chi connectivity index (χ1) is 10.9. The van der Waals surface area contributed by atoms with E-state index in [2.05, 4.69) is 21.2 Å². The molecule has 23 heavy (non-hydrogen) atoms. The largest absolute Gasteiger partial charge is 0.481 e. The number of hydrogen-bond donors (Lipinski definition) is 1. The van der Waals surface area contributed by atoms with Crippen LogP contribution in [0.25, 0.3) is 0 Å². The van der Waals surface area contributed by atoms with Crippen LogP contribution in [0.4, 0.5) is 11.4 Å². The van der Waals surface area contributed by atoms with Crippen molar-refractivity contribution < 1.29 is 14.5 Å². The molecule has 120 valence electrons. The van der Waals surface area contributed by atoms with Crippen molar-refractivity contribution in [3.8, 4) is 5.75 Å². The summed E-state index contributed by atoms with van der Waals surface area (Å²) < 4.78 is 6.42. The number of benzene rings is 2. The normalized spacial score (nSPS) is 11.6. The maximum absolute atomic E-state index is 12.2. The maximum Gasteiger partial charge on any atom is 0.293 e. The summed E-state index contributed by atoms with van der Waals surface area (Å²) in [5, 5.41) is 13.6. The molecule has 0 saturated carbocycles. The lowest BCUT2D eigenvalue weighted by Crippen LogP contribution is -2.30. The number of carbonyl (C=O) groups is 1. The van der Waals surface area contributed by atoms with Gasteiger partial charge >= 0.3 is 0 Å². The van der Waals surface area contributed by atoms with Crippen molar-refractivity contribution in [1.29, 1.82) is 0 Å². The Hall–Kier alpha value is -2.41. The van der Waals surface area contributed by atoms with E-state index < -0.39 is 16.9 Å². The van der Waals surface area contributed by atoms with E-state index in [4.69, 9.17) is 4.74 Å². The van der Waals surface area contributed by atoms with E-state index in [1.807, 2.05) is 0 Å². The van der Waals surface area contributed by atoms with Gasteiger partial charge < -0.3 is 10.1 Å². The van der Waals surface area contributed by atoms with Crippen LogP contribution in [-0.4, -0.2) is 16.9 Å². The van der Waals surface area contributed by atoms with Gasteiger partial charge in [0, 0.05) is 10.5 Å². The molecule has 0 fully saturated rings. The number of nitrogens with one attached hydrogen (secondary N) is 1. The zero-order valence-electron chi connectivity index (χ0n) is 12.6. The molecule has 2 rings (SSSR count). The molecule has 2 aromatic carbocycles. The first-order valence-corrected chi connectivity index (χ1v) is 7.64.